The number of carbonyl (C=O) groups excluding carboxylic acids is 1. The van der Waals surface area contributed by atoms with E-state index in [4.69, 9.17) is 4.74 Å². The summed E-state index contributed by atoms with van der Waals surface area (Å²) in [5.74, 6) is 1.64. The minimum Gasteiger partial charge on any atom is -0.497 e. The molecule has 1 N–H and O–H groups in total. The van der Waals surface area contributed by atoms with Gasteiger partial charge >= 0.3 is 0 Å². The molecule has 174 valence electrons. The minimum absolute atomic E-state index is 0.176. The first-order chi connectivity index (χ1) is 16.5. The summed E-state index contributed by atoms with van der Waals surface area (Å²) in [5.41, 5.74) is 3.75. The van der Waals surface area contributed by atoms with Crippen LogP contribution in [0.25, 0.3) is 5.69 Å². The standard InChI is InChI=1S/C26H25FN4O2S/c1-18-5-3-4-6-20(18)17-34-26-30-29-24(31(26)22-11-9-21(27)10-12-22)15-16-28-25(32)19-7-13-23(33-2)14-8-19/h3-14H,15-17H2,1-2H3,(H,28,32). The van der Waals surface area contributed by atoms with Crippen molar-refractivity contribution in [2.24, 2.45) is 0 Å². The van der Waals surface area contributed by atoms with Crippen molar-refractivity contribution in [3.05, 3.63) is 101 Å². The molecule has 0 atom stereocenters. The fourth-order valence-electron chi connectivity index (χ4n) is 3.45. The van der Waals surface area contributed by atoms with Crippen LogP contribution in [0.2, 0.25) is 0 Å². The van der Waals surface area contributed by atoms with Gasteiger partial charge < -0.3 is 10.1 Å². The van der Waals surface area contributed by atoms with Gasteiger partial charge in [-0.05, 0) is 66.6 Å². The quantitative estimate of drug-likeness (QED) is 0.345. The van der Waals surface area contributed by atoms with Crippen LogP contribution < -0.4 is 10.1 Å². The smallest absolute Gasteiger partial charge is 0.251 e. The zero-order valence-electron chi connectivity index (χ0n) is 19.0. The Balaban J connectivity index is 1.49. The molecule has 4 rings (SSSR count). The highest BCUT2D eigenvalue weighted by atomic mass is 32.2. The Morgan fingerprint density at radius 2 is 1.76 bits per heavy atom. The number of amides is 1. The minimum atomic E-state index is -0.306. The van der Waals surface area contributed by atoms with Gasteiger partial charge in [-0.2, -0.15) is 0 Å². The molecule has 0 saturated carbocycles. The predicted octanol–water partition coefficient (Wildman–Crippen LogP) is 4.99. The summed E-state index contributed by atoms with van der Waals surface area (Å²) >= 11 is 1.57. The zero-order valence-corrected chi connectivity index (χ0v) is 19.8. The van der Waals surface area contributed by atoms with Gasteiger partial charge in [0, 0.05) is 30.0 Å². The maximum Gasteiger partial charge on any atom is 0.251 e. The van der Waals surface area contributed by atoms with Gasteiger partial charge in [0.2, 0.25) is 0 Å². The number of hydrogen-bond acceptors (Lipinski definition) is 5. The molecule has 1 amide bonds. The highest BCUT2D eigenvalue weighted by molar-refractivity contribution is 7.98. The molecule has 0 aliphatic heterocycles. The molecule has 0 spiro atoms. The van der Waals surface area contributed by atoms with Crippen molar-refractivity contribution < 1.29 is 13.9 Å². The van der Waals surface area contributed by atoms with Gasteiger partial charge in [-0.15, -0.1) is 10.2 Å². The molecule has 1 heterocycles. The molecule has 6 nitrogen and oxygen atoms in total. The number of carbonyl (C=O) groups is 1. The van der Waals surface area contributed by atoms with Crippen LogP contribution in [-0.2, 0) is 12.2 Å². The van der Waals surface area contributed by atoms with Gasteiger partial charge in [0.25, 0.3) is 5.91 Å². The highest BCUT2D eigenvalue weighted by Gasteiger charge is 2.16. The van der Waals surface area contributed by atoms with Crippen LogP contribution in [0.15, 0.2) is 78.0 Å². The van der Waals surface area contributed by atoms with Crippen molar-refractivity contribution >= 4 is 17.7 Å². The number of nitrogens with zero attached hydrogens (tertiary/aromatic N) is 3. The van der Waals surface area contributed by atoms with Crippen molar-refractivity contribution in [2.75, 3.05) is 13.7 Å². The largest absolute Gasteiger partial charge is 0.497 e. The molecular formula is C26H25FN4O2S. The van der Waals surface area contributed by atoms with E-state index in [-0.39, 0.29) is 11.7 Å². The Hall–Kier alpha value is -3.65. The second kappa shape index (κ2) is 11.0. The van der Waals surface area contributed by atoms with Crippen molar-refractivity contribution in [1.29, 1.82) is 0 Å². The van der Waals surface area contributed by atoms with Crippen LogP contribution in [0.4, 0.5) is 4.39 Å². The third-order valence-electron chi connectivity index (χ3n) is 5.39. The summed E-state index contributed by atoms with van der Waals surface area (Å²) in [4.78, 5) is 12.5. The molecular weight excluding hydrogens is 451 g/mol. The van der Waals surface area contributed by atoms with E-state index in [1.54, 1.807) is 55.3 Å². The van der Waals surface area contributed by atoms with Crippen LogP contribution >= 0.6 is 11.8 Å². The number of benzene rings is 3. The van der Waals surface area contributed by atoms with Gasteiger partial charge in [0.15, 0.2) is 5.16 Å². The molecule has 0 aliphatic rings. The van der Waals surface area contributed by atoms with E-state index in [0.717, 1.165) is 11.4 Å². The summed E-state index contributed by atoms with van der Waals surface area (Å²) in [6, 6.07) is 21.4. The maximum absolute atomic E-state index is 13.5. The number of nitrogens with one attached hydrogen (secondary N) is 1. The lowest BCUT2D eigenvalue weighted by atomic mass is 10.1. The zero-order chi connectivity index (χ0) is 23.9. The van der Waals surface area contributed by atoms with Gasteiger partial charge in [-0.1, -0.05) is 36.0 Å². The molecule has 0 saturated heterocycles. The summed E-state index contributed by atoms with van der Waals surface area (Å²) < 4.78 is 20.6. The molecule has 0 bridgehead atoms. The van der Waals surface area contributed by atoms with Crippen LogP contribution in [0, 0.1) is 12.7 Å². The first-order valence-electron chi connectivity index (χ1n) is 10.8. The van der Waals surface area contributed by atoms with E-state index in [1.165, 1.54) is 23.3 Å². The average molecular weight is 477 g/mol. The Morgan fingerprint density at radius 1 is 1.03 bits per heavy atom. The molecule has 34 heavy (non-hydrogen) atoms. The summed E-state index contributed by atoms with van der Waals surface area (Å²) in [6.07, 6.45) is 0.469. The van der Waals surface area contributed by atoms with E-state index >= 15 is 0 Å². The first-order valence-corrected chi connectivity index (χ1v) is 11.8. The van der Waals surface area contributed by atoms with Gasteiger partial charge in [0.1, 0.15) is 17.4 Å². The highest BCUT2D eigenvalue weighted by Crippen LogP contribution is 2.26. The monoisotopic (exact) mass is 476 g/mol. The van der Waals surface area contributed by atoms with E-state index in [2.05, 4.69) is 34.6 Å². The first kappa shape index (κ1) is 23.5. The molecule has 1 aromatic heterocycles. The SMILES string of the molecule is COc1ccc(C(=O)NCCc2nnc(SCc3ccccc3C)n2-c2ccc(F)cc2)cc1. The van der Waals surface area contributed by atoms with Gasteiger partial charge in [-0.3, -0.25) is 9.36 Å². The number of halogens is 1. The summed E-state index contributed by atoms with van der Waals surface area (Å²) in [6.45, 7) is 2.46. The number of rotatable bonds is 9. The Bertz CT molecular complexity index is 1260. The van der Waals surface area contributed by atoms with E-state index in [1.807, 2.05) is 16.7 Å². The van der Waals surface area contributed by atoms with Crippen molar-refractivity contribution in [1.82, 2.24) is 20.1 Å². The normalized spacial score (nSPS) is 10.8. The summed E-state index contributed by atoms with van der Waals surface area (Å²) in [5, 5.41) is 12.4. The van der Waals surface area contributed by atoms with Crippen molar-refractivity contribution in [3.8, 4) is 11.4 Å². The van der Waals surface area contributed by atoms with Crippen LogP contribution in [0.3, 0.4) is 0 Å². The third kappa shape index (κ3) is 5.63. The van der Waals surface area contributed by atoms with Crippen LogP contribution in [0.5, 0.6) is 5.75 Å². The number of hydrogen-bond donors (Lipinski definition) is 1. The van der Waals surface area contributed by atoms with Gasteiger partial charge in [-0.25, -0.2) is 4.39 Å². The number of aryl methyl sites for hydroxylation is 1. The lowest BCUT2D eigenvalue weighted by molar-refractivity contribution is 0.0954. The van der Waals surface area contributed by atoms with Gasteiger partial charge in [0.05, 0.1) is 7.11 Å². The average Bonchev–Trinajstić information content (AvgIpc) is 3.26. The predicted molar refractivity (Wildman–Crippen MR) is 131 cm³/mol. The van der Waals surface area contributed by atoms with E-state index in [9.17, 15) is 9.18 Å². The molecule has 0 unspecified atom stereocenters. The molecule has 0 aliphatic carbocycles. The van der Waals surface area contributed by atoms with E-state index in [0.29, 0.717) is 35.3 Å². The fraction of sp³-hybridized carbons (Fsp3) is 0.192. The molecule has 0 fully saturated rings. The molecule has 4 aromatic rings. The Kier molecular flexibility index (Phi) is 7.59. The number of methoxy groups -OCH3 is 1. The second-order valence-electron chi connectivity index (χ2n) is 7.66. The third-order valence-corrected chi connectivity index (χ3v) is 6.37. The Morgan fingerprint density at radius 3 is 2.47 bits per heavy atom. The molecule has 3 aromatic carbocycles. The number of ether oxygens (including phenoxy) is 1. The number of aromatic nitrogens is 3. The lowest BCUT2D eigenvalue weighted by Crippen LogP contribution is -2.26. The molecule has 8 heteroatoms. The topological polar surface area (TPSA) is 69.0 Å². The fourth-order valence-corrected chi connectivity index (χ4v) is 4.50. The van der Waals surface area contributed by atoms with Crippen molar-refractivity contribution in [3.63, 3.8) is 0 Å². The maximum atomic E-state index is 13.5. The summed E-state index contributed by atoms with van der Waals surface area (Å²) in [7, 11) is 1.58. The molecule has 0 radical (unpaired) electrons. The van der Waals surface area contributed by atoms with E-state index < -0.39 is 0 Å². The van der Waals surface area contributed by atoms with Crippen LogP contribution in [0.1, 0.15) is 27.3 Å². The second-order valence-corrected chi connectivity index (χ2v) is 8.60. The lowest BCUT2D eigenvalue weighted by Gasteiger charge is -2.11. The Labute approximate surface area is 202 Å². The number of thioether (sulfide) groups is 1. The van der Waals surface area contributed by atoms with Crippen LogP contribution in [-0.4, -0.2) is 34.3 Å². The van der Waals surface area contributed by atoms with Crippen molar-refractivity contribution in [2.45, 2.75) is 24.3 Å².